The number of carbonyl (C=O) groups is 3. The van der Waals surface area contributed by atoms with Crippen molar-refractivity contribution in [3.8, 4) is 22.5 Å². The molecular formula is C41H32N2O4S. The molecule has 0 aliphatic carbocycles. The molecule has 2 N–H and O–H groups in total. The SMILES string of the molecule is Cc1ccc(-c2ccc(C=C(NC(=O)c3ccccc3)C(=O)Nc3ccc(SCC(=O)c4ccc(-c5ccccc5)cc4)cc3)o2)cc1. The number of hydrogen-bond donors (Lipinski definition) is 2. The lowest BCUT2D eigenvalue weighted by Gasteiger charge is -2.11. The Morgan fingerprint density at radius 3 is 1.96 bits per heavy atom. The van der Waals surface area contributed by atoms with Gasteiger partial charge in [-0.3, -0.25) is 14.4 Å². The van der Waals surface area contributed by atoms with Crippen LogP contribution >= 0.6 is 11.8 Å². The fourth-order valence-corrected chi connectivity index (χ4v) is 5.73. The molecule has 236 valence electrons. The Hall–Kier alpha value is -5.92. The molecule has 6 nitrogen and oxygen atoms in total. The van der Waals surface area contributed by atoms with E-state index < -0.39 is 11.8 Å². The molecular weight excluding hydrogens is 617 g/mol. The maximum Gasteiger partial charge on any atom is 0.272 e. The van der Waals surface area contributed by atoms with E-state index >= 15 is 0 Å². The molecule has 0 atom stereocenters. The Morgan fingerprint density at radius 2 is 1.27 bits per heavy atom. The maximum absolute atomic E-state index is 13.5. The van der Waals surface area contributed by atoms with Crippen molar-refractivity contribution in [2.24, 2.45) is 0 Å². The van der Waals surface area contributed by atoms with Gasteiger partial charge in [0.2, 0.25) is 0 Å². The van der Waals surface area contributed by atoms with Crippen LogP contribution in [0.25, 0.3) is 28.5 Å². The molecule has 2 amide bonds. The van der Waals surface area contributed by atoms with E-state index in [1.54, 1.807) is 42.5 Å². The number of Topliss-reactive ketones (excluding diaryl/α,β-unsaturated/α-hetero) is 1. The van der Waals surface area contributed by atoms with Crippen LogP contribution in [0.4, 0.5) is 5.69 Å². The molecule has 5 aromatic carbocycles. The highest BCUT2D eigenvalue weighted by atomic mass is 32.2. The van der Waals surface area contributed by atoms with Gasteiger partial charge in [0.15, 0.2) is 5.78 Å². The summed E-state index contributed by atoms with van der Waals surface area (Å²) in [6.07, 6.45) is 1.51. The minimum Gasteiger partial charge on any atom is -0.457 e. The van der Waals surface area contributed by atoms with Crippen LogP contribution in [0.15, 0.2) is 161 Å². The van der Waals surface area contributed by atoms with Gasteiger partial charge < -0.3 is 15.1 Å². The fourth-order valence-electron chi connectivity index (χ4n) is 4.93. The Labute approximate surface area is 283 Å². The Bertz CT molecular complexity index is 2050. The van der Waals surface area contributed by atoms with Gasteiger partial charge in [-0.2, -0.15) is 0 Å². The zero-order valence-corrected chi connectivity index (χ0v) is 27.0. The minimum atomic E-state index is -0.512. The van der Waals surface area contributed by atoms with E-state index in [2.05, 4.69) is 10.6 Å². The third-order valence-corrected chi connectivity index (χ3v) is 8.59. The molecule has 0 radical (unpaired) electrons. The van der Waals surface area contributed by atoms with E-state index in [0.29, 0.717) is 28.3 Å². The second-order valence-corrected chi connectivity index (χ2v) is 12.1. The second-order valence-electron chi connectivity index (χ2n) is 11.1. The molecule has 0 fully saturated rings. The smallest absolute Gasteiger partial charge is 0.272 e. The van der Waals surface area contributed by atoms with Crippen molar-refractivity contribution >= 4 is 41.1 Å². The predicted octanol–water partition coefficient (Wildman–Crippen LogP) is 9.31. The summed E-state index contributed by atoms with van der Waals surface area (Å²) in [5.74, 6) is 0.434. The quantitative estimate of drug-likeness (QED) is 0.0831. The van der Waals surface area contributed by atoms with E-state index in [1.165, 1.54) is 17.8 Å². The molecule has 0 saturated carbocycles. The molecule has 0 spiro atoms. The van der Waals surface area contributed by atoms with Crippen LogP contribution < -0.4 is 10.6 Å². The third-order valence-electron chi connectivity index (χ3n) is 7.57. The zero-order valence-electron chi connectivity index (χ0n) is 26.2. The molecule has 0 aliphatic rings. The first-order valence-electron chi connectivity index (χ1n) is 15.4. The van der Waals surface area contributed by atoms with Crippen LogP contribution in [0, 0.1) is 6.92 Å². The topological polar surface area (TPSA) is 88.4 Å². The van der Waals surface area contributed by atoms with Crippen LogP contribution in [-0.2, 0) is 4.79 Å². The van der Waals surface area contributed by atoms with Crippen molar-refractivity contribution in [3.63, 3.8) is 0 Å². The van der Waals surface area contributed by atoms with Crippen LogP contribution in [0.5, 0.6) is 0 Å². The average molecular weight is 649 g/mol. The van der Waals surface area contributed by atoms with Crippen molar-refractivity contribution in [1.82, 2.24) is 5.32 Å². The lowest BCUT2D eigenvalue weighted by Crippen LogP contribution is -2.30. The van der Waals surface area contributed by atoms with Crippen LogP contribution in [0.3, 0.4) is 0 Å². The van der Waals surface area contributed by atoms with Crippen LogP contribution in [0.2, 0.25) is 0 Å². The largest absolute Gasteiger partial charge is 0.457 e. The molecule has 0 aliphatic heterocycles. The summed E-state index contributed by atoms with van der Waals surface area (Å²) >= 11 is 1.42. The number of carbonyl (C=O) groups excluding carboxylic acids is 3. The van der Waals surface area contributed by atoms with Crippen LogP contribution in [-0.4, -0.2) is 23.4 Å². The van der Waals surface area contributed by atoms with Gasteiger partial charge in [0.1, 0.15) is 17.2 Å². The average Bonchev–Trinajstić information content (AvgIpc) is 3.60. The number of ketones is 1. The highest BCUT2D eigenvalue weighted by Crippen LogP contribution is 2.26. The zero-order chi connectivity index (χ0) is 33.3. The first kappa shape index (κ1) is 32.0. The Morgan fingerprint density at radius 1 is 0.646 bits per heavy atom. The van der Waals surface area contributed by atoms with E-state index in [9.17, 15) is 14.4 Å². The van der Waals surface area contributed by atoms with Gasteiger partial charge in [0.25, 0.3) is 11.8 Å². The summed E-state index contributed by atoms with van der Waals surface area (Å²) in [5.41, 5.74) is 5.84. The number of nitrogens with one attached hydrogen (secondary N) is 2. The number of anilines is 1. The molecule has 1 heterocycles. The van der Waals surface area contributed by atoms with E-state index in [1.807, 2.05) is 110 Å². The minimum absolute atomic E-state index is 0.0241. The number of benzene rings is 5. The van der Waals surface area contributed by atoms with Gasteiger partial charge in [0, 0.05) is 33.3 Å². The molecule has 1 aromatic heterocycles. The van der Waals surface area contributed by atoms with Crippen molar-refractivity contribution in [2.45, 2.75) is 11.8 Å². The molecule has 0 unspecified atom stereocenters. The first-order valence-corrected chi connectivity index (χ1v) is 16.4. The summed E-state index contributed by atoms with van der Waals surface area (Å²) in [6.45, 7) is 2.01. The Kier molecular flexibility index (Phi) is 10.1. The van der Waals surface area contributed by atoms with E-state index in [-0.39, 0.29) is 17.2 Å². The van der Waals surface area contributed by atoms with Crippen molar-refractivity contribution in [3.05, 3.63) is 174 Å². The number of thioether (sulfide) groups is 1. The second kappa shape index (κ2) is 15.1. The standard InChI is InChI=1S/C41H32N2O4S/c1-28-12-14-32(15-13-28)39-25-22-35(47-39)26-37(43-40(45)33-10-6-3-7-11-33)41(46)42-34-20-23-36(24-21-34)48-27-38(44)31-18-16-30(17-19-31)29-8-4-2-5-9-29/h2-26H,27H2,1H3,(H,42,46)(H,43,45). The molecule has 48 heavy (non-hydrogen) atoms. The number of furan rings is 1. The summed E-state index contributed by atoms with van der Waals surface area (Å²) < 4.78 is 6.01. The molecule has 0 bridgehead atoms. The van der Waals surface area contributed by atoms with Gasteiger partial charge in [-0.25, -0.2) is 0 Å². The van der Waals surface area contributed by atoms with E-state index in [4.69, 9.17) is 4.42 Å². The highest BCUT2D eigenvalue weighted by Gasteiger charge is 2.17. The molecule has 6 aromatic rings. The van der Waals surface area contributed by atoms with Gasteiger partial charge in [-0.15, -0.1) is 11.8 Å². The number of aryl methyl sites for hydroxylation is 1. The lowest BCUT2D eigenvalue weighted by molar-refractivity contribution is -0.113. The monoisotopic (exact) mass is 648 g/mol. The van der Waals surface area contributed by atoms with Crippen molar-refractivity contribution in [2.75, 3.05) is 11.1 Å². The molecule has 7 heteroatoms. The summed E-state index contributed by atoms with van der Waals surface area (Å²) in [7, 11) is 0. The summed E-state index contributed by atoms with van der Waals surface area (Å²) in [6, 6.07) is 45.1. The molecule has 6 rings (SSSR count). The highest BCUT2D eigenvalue weighted by molar-refractivity contribution is 8.00. The normalized spacial score (nSPS) is 11.1. The number of hydrogen-bond acceptors (Lipinski definition) is 5. The van der Waals surface area contributed by atoms with Crippen LogP contribution in [0.1, 0.15) is 32.0 Å². The van der Waals surface area contributed by atoms with Crippen molar-refractivity contribution < 1.29 is 18.8 Å². The number of amides is 2. The molecule has 0 saturated heterocycles. The Balaban J connectivity index is 1.11. The fraction of sp³-hybridized carbons (Fsp3) is 0.0488. The first-order chi connectivity index (χ1) is 23.4. The third kappa shape index (κ3) is 8.26. The van der Waals surface area contributed by atoms with E-state index in [0.717, 1.165) is 27.1 Å². The van der Waals surface area contributed by atoms with Gasteiger partial charge in [0.05, 0.1) is 5.75 Å². The van der Waals surface area contributed by atoms with Gasteiger partial charge >= 0.3 is 0 Å². The maximum atomic E-state index is 13.5. The van der Waals surface area contributed by atoms with Gasteiger partial charge in [-0.05, 0) is 66.6 Å². The summed E-state index contributed by atoms with van der Waals surface area (Å²) in [4.78, 5) is 40.3. The predicted molar refractivity (Wildman–Crippen MR) is 193 cm³/mol. The number of rotatable bonds is 11. The summed E-state index contributed by atoms with van der Waals surface area (Å²) in [5, 5.41) is 5.60. The van der Waals surface area contributed by atoms with Crippen molar-refractivity contribution in [1.29, 1.82) is 0 Å². The lowest BCUT2D eigenvalue weighted by atomic mass is 10.0. The van der Waals surface area contributed by atoms with Gasteiger partial charge in [-0.1, -0.05) is 103 Å².